The maximum atomic E-state index is 5.58. The fourth-order valence-electron chi connectivity index (χ4n) is 5.47. The summed E-state index contributed by atoms with van der Waals surface area (Å²) in [6.45, 7) is 16.8. The van der Waals surface area contributed by atoms with Crippen LogP contribution in [0.1, 0.15) is 72.1 Å². The van der Waals surface area contributed by atoms with Crippen LogP contribution >= 0.6 is 0 Å². The second kappa shape index (κ2) is 12.0. The van der Waals surface area contributed by atoms with E-state index in [4.69, 9.17) is 4.74 Å². The van der Waals surface area contributed by atoms with Crippen LogP contribution in [0.4, 0.5) is 0 Å². The summed E-state index contributed by atoms with van der Waals surface area (Å²) in [5.74, 6) is 3.61. The first-order valence-corrected chi connectivity index (χ1v) is 12.8. The van der Waals surface area contributed by atoms with Crippen molar-refractivity contribution in [2.75, 3.05) is 59.6 Å². The second-order valence-electron chi connectivity index (χ2n) is 10.8. The summed E-state index contributed by atoms with van der Waals surface area (Å²) < 4.78 is 5.58. The molecule has 0 N–H and O–H groups in total. The van der Waals surface area contributed by atoms with Gasteiger partial charge in [-0.25, -0.2) is 0 Å². The van der Waals surface area contributed by atoms with Gasteiger partial charge in [-0.15, -0.1) is 0 Å². The first kappa shape index (κ1) is 23.5. The van der Waals surface area contributed by atoms with Gasteiger partial charge >= 0.3 is 0 Å². The average molecular weight is 408 g/mol. The molecule has 0 radical (unpaired) electrons. The molecule has 4 nitrogen and oxygen atoms in total. The Morgan fingerprint density at radius 2 is 1.55 bits per heavy atom. The van der Waals surface area contributed by atoms with E-state index in [-0.39, 0.29) is 0 Å². The molecule has 3 rings (SSSR count). The Labute approximate surface area is 181 Å². The van der Waals surface area contributed by atoms with E-state index < -0.39 is 0 Å². The third-order valence-electron chi connectivity index (χ3n) is 7.33. The predicted octanol–water partition coefficient (Wildman–Crippen LogP) is 4.55. The van der Waals surface area contributed by atoms with Crippen molar-refractivity contribution in [1.82, 2.24) is 14.7 Å². The molecule has 2 saturated carbocycles. The molecule has 3 aliphatic rings. The molecule has 0 spiro atoms. The highest BCUT2D eigenvalue weighted by Gasteiger charge is 2.31. The van der Waals surface area contributed by atoms with Gasteiger partial charge in [0.2, 0.25) is 0 Å². The first-order valence-electron chi connectivity index (χ1n) is 12.8. The van der Waals surface area contributed by atoms with Crippen LogP contribution in [0.15, 0.2) is 0 Å². The van der Waals surface area contributed by atoms with Crippen LogP contribution in [0.5, 0.6) is 0 Å². The lowest BCUT2D eigenvalue weighted by atomic mass is 9.80. The van der Waals surface area contributed by atoms with Crippen molar-refractivity contribution in [3.05, 3.63) is 0 Å². The summed E-state index contributed by atoms with van der Waals surface area (Å²) in [5.41, 5.74) is 0. The van der Waals surface area contributed by atoms with Gasteiger partial charge in [0.15, 0.2) is 0 Å². The van der Waals surface area contributed by atoms with Gasteiger partial charge in [-0.1, -0.05) is 33.6 Å². The van der Waals surface area contributed by atoms with Crippen LogP contribution in [-0.2, 0) is 4.74 Å². The molecule has 1 saturated heterocycles. The molecule has 4 atom stereocenters. The summed E-state index contributed by atoms with van der Waals surface area (Å²) in [5, 5.41) is 0. The lowest BCUT2D eigenvalue weighted by Gasteiger charge is -2.37. The van der Waals surface area contributed by atoms with E-state index in [0.717, 1.165) is 43.5 Å². The highest BCUT2D eigenvalue weighted by Crippen LogP contribution is 2.33. The van der Waals surface area contributed by atoms with E-state index >= 15 is 0 Å². The minimum atomic E-state index is 0.529. The lowest BCUT2D eigenvalue weighted by Crippen LogP contribution is -2.42. The topological polar surface area (TPSA) is 22.2 Å². The van der Waals surface area contributed by atoms with Crippen LogP contribution in [0, 0.1) is 23.7 Å². The summed E-state index contributed by atoms with van der Waals surface area (Å²) in [4.78, 5) is 8.03. The number of nitrogens with zero attached hydrogens (tertiary/aromatic N) is 3. The fourth-order valence-corrected chi connectivity index (χ4v) is 5.47. The Balaban J connectivity index is 1.47. The molecule has 170 valence electrons. The molecular formula is C25H49N3O. The van der Waals surface area contributed by atoms with Crippen molar-refractivity contribution in [2.24, 2.45) is 23.7 Å². The summed E-state index contributed by atoms with van der Waals surface area (Å²) in [6.07, 6.45) is 11.9. The SMILES string of the molecule is CCCC(C)CN(CC1CCCC(CN(CC2CC2)CN(C)CC)C1)CC1CO1. The molecule has 0 amide bonds. The first-order chi connectivity index (χ1) is 14.1. The van der Waals surface area contributed by atoms with Gasteiger partial charge in [-0.05, 0) is 75.8 Å². The number of rotatable bonds is 15. The van der Waals surface area contributed by atoms with Gasteiger partial charge in [0, 0.05) is 32.7 Å². The number of ether oxygens (including phenoxy) is 1. The number of epoxide rings is 1. The van der Waals surface area contributed by atoms with E-state index in [1.165, 1.54) is 84.1 Å². The molecular weight excluding hydrogens is 358 g/mol. The summed E-state index contributed by atoms with van der Waals surface area (Å²) in [6, 6.07) is 0. The van der Waals surface area contributed by atoms with Gasteiger partial charge in [0.25, 0.3) is 0 Å². The van der Waals surface area contributed by atoms with Gasteiger partial charge in [-0.3, -0.25) is 9.80 Å². The minimum absolute atomic E-state index is 0.529. The largest absolute Gasteiger partial charge is 0.372 e. The minimum Gasteiger partial charge on any atom is -0.372 e. The van der Waals surface area contributed by atoms with E-state index in [0.29, 0.717) is 6.10 Å². The Kier molecular flexibility index (Phi) is 9.74. The van der Waals surface area contributed by atoms with Crippen molar-refractivity contribution in [1.29, 1.82) is 0 Å². The monoisotopic (exact) mass is 407 g/mol. The molecule has 0 aromatic carbocycles. The van der Waals surface area contributed by atoms with Crippen molar-refractivity contribution >= 4 is 0 Å². The second-order valence-corrected chi connectivity index (χ2v) is 10.8. The third kappa shape index (κ3) is 9.25. The van der Waals surface area contributed by atoms with Crippen LogP contribution in [0.2, 0.25) is 0 Å². The van der Waals surface area contributed by atoms with E-state index in [1.54, 1.807) is 0 Å². The van der Waals surface area contributed by atoms with Gasteiger partial charge in [0.05, 0.1) is 19.4 Å². The van der Waals surface area contributed by atoms with Crippen LogP contribution in [-0.4, -0.2) is 80.4 Å². The molecule has 0 bridgehead atoms. The van der Waals surface area contributed by atoms with Gasteiger partial charge < -0.3 is 9.64 Å². The molecule has 2 aliphatic carbocycles. The van der Waals surface area contributed by atoms with Crippen LogP contribution < -0.4 is 0 Å². The van der Waals surface area contributed by atoms with Crippen LogP contribution in [0.3, 0.4) is 0 Å². The highest BCUT2D eigenvalue weighted by molar-refractivity contribution is 4.83. The predicted molar refractivity (Wildman–Crippen MR) is 123 cm³/mol. The van der Waals surface area contributed by atoms with Crippen LogP contribution in [0.25, 0.3) is 0 Å². The zero-order valence-electron chi connectivity index (χ0n) is 20.0. The zero-order chi connectivity index (χ0) is 20.6. The Morgan fingerprint density at radius 1 is 0.897 bits per heavy atom. The van der Waals surface area contributed by atoms with Crippen molar-refractivity contribution < 1.29 is 4.74 Å². The Morgan fingerprint density at radius 3 is 2.14 bits per heavy atom. The quantitative estimate of drug-likeness (QED) is 0.293. The summed E-state index contributed by atoms with van der Waals surface area (Å²) in [7, 11) is 2.28. The normalized spacial score (nSPS) is 28.4. The molecule has 0 aromatic rings. The molecule has 1 aliphatic heterocycles. The van der Waals surface area contributed by atoms with Crippen molar-refractivity contribution in [3.63, 3.8) is 0 Å². The Hall–Kier alpha value is -0.160. The molecule has 3 fully saturated rings. The van der Waals surface area contributed by atoms with E-state index in [2.05, 4.69) is 42.5 Å². The molecule has 0 aromatic heterocycles. The molecule has 1 heterocycles. The number of hydrogen-bond donors (Lipinski definition) is 0. The maximum absolute atomic E-state index is 5.58. The lowest BCUT2D eigenvalue weighted by molar-refractivity contribution is 0.0987. The third-order valence-corrected chi connectivity index (χ3v) is 7.33. The van der Waals surface area contributed by atoms with Crippen molar-refractivity contribution in [2.45, 2.75) is 78.2 Å². The van der Waals surface area contributed by atoms with Gasteiger partial charge in [-0.2, -0.15) is 0 Å². The van der Waals surface area contributed by atoms with E-state index in [9.17, 15) is 0 Å². The summed E-state index contributed by atoms with van der Waals surface area (Å²) >= 11 is 0. The molecule has 4 unspecified atom stereocenters. The Bertz CT molecular complexity index is 451. The zero-order valence-corrected chi connectivity index (χ0v) is 20.0. The molecule has 4 heteroatoms. The highest BCUT2D eigenvalue weighted by atomic mass is 16.6. The fraction of sp³-hybridized carbons (Fsp3) is 1.00. The van der Waals surface area contributed by atoms with E-state index in [1.807, 2.05) is 0 Å². The smallest absolute Gasteiger partial charge is 0.0936 e. The molecule has 29 heavy (non-hydrogen) atoms. The number of hydrogen-bond acceptors (Lipinski definition) is 4. The standard InChI is InChI=1S/C25H49N3O/c1-5-8-21(3)14-27(18-25-19-29-25)16-23-9-7-10-24(13-23)17-28(15-22-11-12-22)20-26(4)6-2/h21-25H,5-20H2,1-4H3. The van der Waals surface area contributed by atoms with Crippen molar-refractivity contribution in [3.8, 4) is 0 Å². The average Bonchev–Trinajstić information content (AvgIpc) is 3.59. The van der Waals surface area contributed by atoms with Gasteiger partial charge in [0.1, 0.15) is 0 Å². The maximum Gasteiger partial charge on any atom is 0.0936 e.